The standard InChI is InChI=1S/C7H9N5O5S.C6H15N/c1-16-4-3-8-7(17-2)12-5(4)9-6(10-12)11-18(13,14)15;1-4-7(5-2)6-3/h3H,1-2H3,(H,10,11)(H,13,14,15);4-6H2,1-3H3. The van der Waals surface area contributed by atoms with Crippen LogP contribution in [-0.4, -0.2) is 71.3 Å². The lowest BCUT2D eigenvalue weighted by Gasteiger charge is -2.13. The van der Waals surface area contributed by atoms with E-state index in [9.17, 15) is 8.42 Å². The molecule has 0 aliphatic heterocycles. The number of hydrogen-bond acceptors (Lipinski definition) is 8. The normalized spacial score (nSPS) is 11.2. The Bertz CT molecular complexity index is 728. The number of rotatable bonds is 7. The zero-order valence-electron chi connectivity index (χ0n) is 14.9. The Morgan fingerprint density at radius 1 is 1.20 bits per heavy atom. The van der Waals surface area contributed by atoms with Crippen molar-refractivity contribution < 1.29 is 22.4 Å². The SMILES string of the molecule is CCN(CC)CC.COc1cnc(OC)n2nc(NS(=O)(=O)O)nc12. The Hall–Kier alpha value is -2.18. The van der Waals surface area contributed by atoms with Crippen LogP contribution in [0.2, 0.25) is 0 Å². The number of hydrogen-bond donors (Lipinski definition) is 2. The van der Waals surface area contributed by atoms with Gasteiger partial charge in [0.2, 0.25) is 5.65 Å². The third-order valence-electron chi connectivity index (χ3n) is 3.27. The average Bonchev–Trinajstić information content (AvgIpc) is 2.97. The van der Waals surface area contributed by atoms with Gasteiger partial charge in [-0.2, -0.15) is 22.9 Å². The zero-order valence-corrected chi connectivity index (χ0v) is 15.7. The van der Waals surface area contributed by atoms with Crippen molar-refractivity contribution >= 4 is 21.9 Å². The molecule has 0 spiro atoms. The molecule has 12 heteroatoms. The van der Waals surface area contributed by atoms with Gasteiger partial charge < -0.3 is 14.4 Å². The second-order valence-electron chi connectivity index (χ2n) is 4.68. The van der Waals surface area contributed by atoms with E-state index in [1.807, 2.05) is 0 Å². The highest BCUT2D eigenvalue weighted by atomic mass is 32.2. The lowest BCUT2D eigenvalue weighted by atomic mass is 10.5. The molecule has 0 aromatic carbocycles. The van der Waals surface area contributed by atoms with Gasteiger partial charge in [-0.15, -0.1) is 5.10 Å². The van der Waals surface area contributed by atoms with Crippen LogP contribution in [0.25, 0.3) is 5.65 Å². The summed E-state index contributed by atoms with van der Waals surface area (Å²) in [5, 5.41) is 3.77. The fourth-order valence-electron chi connectivity index (χ4n) is 1.94. The molecule has 2 aromatic heterocycles. The minimum Gasteiger partial charge on any atom is -0.491 e. The molecule has 2 heterocycles. The third kappa shape index (κ3) is 5.99. The Balaban J connectivity index is 0.000000381. The second-order valence-corrected chi connectivity index (χ2v) is 5.83. The first-order valence-corrected chi connectivity index (χ1v) is 9.04. The van der Waals surface area contributed by atoms with E-state index in [0.29, 0.717) is 0 Å². The first-order chi connectivity index (χ1) is 11.8. The molecule has 0 amide bonds. The number of anilines is 1. The van der Waals surface area contributed by atoms with Crippen LogP contribution in [0.4, 0.5) is 5.95 Å². The first-order valence-electron chi connectivity index (χ1n) is 7.60. The zero-order chi connectivity index (χ0) is 19.0. The van der Waals surface area contributed by atoms with E-state index in [2.05, 4.69) is 40.7 Å². The molecule has 2 aromatic rings. The van der Waals surface area contributed by atoms with Crippen LogP contribution in [0.5, 0.6) is 11.8 Å². The summed E-state index contributed by atoms with van der Waals surface area (Å²) in [5.41, 5.74) is 0.190. The number of nitrogens with one attached hydrogen (secondary N) is 1. The molecular weight excluding hydrogens is 352 g/mol. The van der Waals surface area contributed by atoms with Crippen molar-refractivity contribution in [1.29, 1.82) is 0 Å². The fraction of sp³-hybridized carbons (Fsp3) is 0.615. The van der Waals surface area contributed by atoms with E-state index in [-0.39, 0.29) is 23.4 Å². The first kappa shape index (κ1) is 20.9. The molecule has 0 saturated carbocycles. The molecule has 0 aliphatic rings. The Labute approximate surface area is 146 Å². The van der Waals surface area contributed by atoms with E-state index in [0.717, 1.165) is 4.52 Å². The van der Waals surface area contributed by atoms with Gasteiger partial charge in [-0.25, -0.2) is 4.72 Å². The van der Waals surface area contributed by atoms with Gasteiger partial charge in [0, 0.05) is 0 Å². The van der Waals surface area contributed by atoms with E-state index in [4.69, 9.17) is 14.0 Å². The summed E-state index contributed by atoms with van der Waals surface area (Å²) >= 11 is 0. The molecule has 2 rings (SSSR count). The molecule has 142 valence electrons. The van der Waals surface area contributed by atoms with Gasteiger partial charge in [0.1, 0.15) is 0 Å². The molecule has 2 N–H and O–H groups in total. The Morgan fingerprint density at radius 2 is 1.80 bits per heavy atom. The van der Waals surface area contributed by atoms with Crippen molar-refractivity contribution in [2.24, 2.45) is 0 Å². The summed E-state index contributed by atoms with van der Waals surface area (Å²) in [6.07, 6.45) is 1.35. The topological polar surface area (TPSA) is 131 Å². The quantitative estimate of drug-likeness (QED) is 0.670. The van der Waals surface area contributed by atoms with E-state index in [1.165, 1.54) is 40.1 Å². The highest BCUT2D eigenvalue weighted by molar-refractivity contribution is 7.87. The summed E-state index contributed by atoms with van der Waals surface area (Å²) in [6, 6.07) is 0.0849. The largest absolute Gasteiger partial charge is 0.491 e. The van der Waals surface area contributed by atoms with Crippen LogP contribution in [0.1, 0.15) is 20.8 Å². The smallest absolute Gasteiger partial charge is 0.359 e. The molecule has 0 aliphatic carbocycles. The monoisotopic (exact) mass is 376 g/mol. The van der Waals surface area contributed by atoms with Crippen LogP contribution in [0.3, 0.4) is 0 Å². The van der Waals surface area contributed by atoms with Gasteiger partial charge >= 0.3 is 16.3 Å². The fourth-order valence-corrected chi connectivity index (χ4v) is 2.26. The maximum atomic E-state index is 10.7. The Morgan fingerprint density at radius 3 is 2.20 bits per heavy atom. The minimum atomic E-state index is -4.45. The predicted molar refractivity (Wildman–Crippen MR) is 92.5 cm³/mol. The van der Waals surface area contributed by atoms with Gasteiger partial charge in [0.05, 0.1) is 20.4 Å². The van der Waals surface area contributed by atoms with Crippen molar-refractivity contribution in [3.63, 3.8) is 0 Å². The van der Waals surface area contributed by atoms with Gasteiger partial charge in [-0.3, -0.25) is 4.55 Å². The number of nitrogens with zero attached hydrogens (tertiary/aromatic N) is 5. The summed E-state index contributed by atoms with van der Waals surface area (Å²) in [5.74, 6) is -0.0613. The molecule has 11 nitrogen and oxygen atoms in total. The number of methoxy groups -OCH3 is 2. The Kier molecular flexibility index (Phi) is 7.80. The summed E-state index contributed by atoms with van der Waals surface area (Å²) < 4.78 is 42.7. The maximum absolute atomic E-state index is 10.7. The molecule has 0 atom stereocenters. The highest BCUT2D eigenvalue weighted by Crippen LogP contribution is 2.21. The van der Waals surface area contributed by atoms with Crippen molar-refractivity contribution in [1.82, 2.24) is 24.5 Å². The summed E-state index contributed by atoms with van der Waals surface area (Å²) in [4.78, 5) is 10.1. The molecule has 0 saturated heterocycles. The van der Waals surface area contributed by atoms with Crippen LogP contribution in [0, 0.1) is 0 Å². The van der Waals surface area contributed by atoms with Gasteiger partial charge in [-0.1, -0.05) is 20.8 Å². The maximum Gasteiger partial charge on any atom is 0.359 e. The molecule has 0 bridgehead atoms. The molecule has 25 heavy (non-hydrogen) atoms. The minimum absolute atomic E-state index is 0.0849. The molecule has 0 radical (unpaired) electrons. The predicted octanol–water partition coefficient (Wildman–Crippen LogP) is 0.704. The number of fused-ring (bicyclic) bond motifs is 1. The van der Waals surface area contributed by atoms with Crippen molar-refractivity contribution in [3.05, 3.63) is 6.20 Å². The summed E-state index contributed by atoms with van der Waals surface area (Å²) in [6.45, 7) is 10.1. The molecule has 0 fully saturated rings. The van der Waals surface area contributed by atoms with Crippen molar-refractivity contribution in [2.75, 3.05) is 38.6 Å². The molecule has 0 unspecified atom stereocenters. The van der Waals surface area contributed by atoms with Gasteiger partial charge in [0.25, 0.3) is 5.95 Å². The van der Waals surface area contributed by atoms with E-state index < -0.39 is 10.3 Å². The van der Waals surface area contributed by atoms with Crippen LogP contribution in [0.15, 0.2) is 6.20 Å². The third-order valence-corrected chi connectivity index (χ3v) is 3.71. The van der Waals surface area contributed by atoms with Crippen LogP contribution >= 0.6 is 0 Å². The number of ether oxygens (including phenoxy) is 2. The second kappa shape index (κ2) is 9.34. The van der Waals surface area contributed by atoms with E-state index in [1.54, 1.807) is 4.72 Å². The van der Waals surface area contributed by atoms with E-state index >= 15 is 0 Å². The number of aromatic nitrogens is 4. The van der Waals surface area contributed by atoms with Gasteiger partial charge in [-0.05, 0) is 19.6 Å². The lowest BCUT2D eigenvalue weighted by molar-refractivity contribution is 0.321. The molecular formula is C13H24N6O5S. The highest BCUT2D eigenvalue weighted by Gasteiger charge is 2.16. The van der Waals surface area contributed by atoms with Gasteiger partial charge in [0.15, 0.2) is 5.75 Å². The van der Waals surface area contributed by atoms with Crippen LogP contribution in [-0.2, 0) is 10.3 Å². The lowest BCUT2D eigenvalue weighted by Crippen LogP contribution is -2.21. The van der Waals surface area contributed by atoms with Crippen molar-refractivity contribution in [2.45, 2.75) is 20.8 Å². The van der Waals surface area contributed by atoms with Crippen molar-refractivity contribution in [3.8, 4) is 11.8 Å². The average molecular weight is 376 g/mol. The summed E-state index contributed by atoms with van der Waals surface area (Å²) in [7, 11) is -1.69. The van der Waals surface area contributed by atoms with Crippen LogP contribution < -0.4 is 14.2 Å².